The smallest absolute Gasteiger partial charge is 0.191 e. The third-order valence-corrected chi connectivity index (χ3v) is 5.61. The molecule has 8 heteroatoms. The summed E-state index contributed by atoms with van der Waals surface area (Å²) in [4.78, 5) is 8.92. The van der Waals surface area contributed by atoms with E-state index in [1.165, 1.54) is 31.2 Å². The van der Waals surface area contributed by atoms with Gasteiger partial charge in [-0.2, -0.15) is 5.10 Å². The van der Waals surface area contributed by atoms with Gasteiger partial charge in [0.05, 0.1) is 0 Å². The highest BCUT2D eigenvalue weighted by Gasteiger charge is 2.35. The Kier molecular flexibility index (Phi) is 8.53. The molecule has 0 aliphatic heterocycles. The Labute approximate surface area is 186 Å². The molecule has 1 aromatic heterocycles. The maximum absolute atomic E-state index is 4.68. The van der Waals surface area contributed by atoms with Gasteiger partial charge in [0.2, 0.25) is 0 Å². The van der Waals surface area contributed by atoms with Crippen molar-refractivity contribution >= 4 is 45.9 Å². The molecular formula is C19H28BrIN6. The van der Waals surface area contributed by atoms with Crippen molar-refractivity contribution in [2.75, 3.05) is 13.1 Å². The highest BCUT2D eigenvalue weighted by molar-refractivity contribution is 14.0. The monoisotopic (exact) mass is 546 g/mol. The number of hydrogen-bond donors (Lipinski definition) is 2. The topological polar surface area (TPSA) is 67.1 Å². The predicted molar refractivity (Wildman–Crippen MR) is 124 cm³/mol. The summed E-state index contributed by atoms with van der Waals surface area (Å²) >= 11 is 3.62. The van der Waals surface area contributed by atoms with E-state index in [0.29, 0.717) is 6.54 Å². The van der Waals surface area contributed by atoms with Gasteiger partial charge in [0.1, 0.15) is 18.7 Å². The predicted octanol–water partition coefficient (Wildman–Crippen LogP) is 3.76. The van der Waals surface area contributed by atoms with Gasteiger partial charge in [0.25, 0.3) is 0 Å². The quantitative estimate of drug-likeness (QED) is 0.329. The zero-order chi connectivity index (χ0) is 18.4. The summed E-state index contributed by atoms with van der Waals surface area (Å²) in [5, 5.41) is 11.0. The molecule has 0 amide bonds. The number of hydrogen-bond acceptors (Lipinski definition) is 3. The van der Waals surface area contributed by atoms with Crippen LogP contribution >= 0.6 is 39.9 Å². The van der Waals surface area contributed by atoms with Crippen LogP contribution in [0.2, 0.25) is 0 Å². The lowest BCUT2D eigenvalue weighted by Crippen LogP contribution is -2.44. The standard InChI is InChI=1S/C19H27BrN6.HI/c1-3-21-18(22-12-17-24-14-25-26(17)2)23-13-19(9-4-5-10-19)15-7-6-8-16(20)11-15;/h6-8,11,14H,3-5,9-10,12-13H2,1-2H3,(H2,21,22,23);1H. The lowest BCUT2D eigenvalue weighted by atomic mass is 9.79. The average Bonchev–Trinajstić information content (AvgIpc) is 3.27. The first kappa shape index (κ1) is 22.1. The molecule has 27 heavy (non-hydrogen) atoms. The summed E-state index contributed by atoms with van der Waals surface area (Å²) in [6, 6.07) is 8.73. The molecule has 1 fully saturated rings. The first-order valence-electron chi connectivity index (χ1n) is 9.24. The van der Waals surface area contributed by atoms with Crippen molar-refractivity contribution < 1.29 is 0 Å². The van der Waals surface area contributed by atoms with Crippen molar-refractivity contribution in [2.24, 2.45) is 12.0 Å². The molecule has 1 aliphatic rings. The van der Waals surface area contributed by atoms with E-state index in [9.17, 15) is 0 Å². The van der Waals surface area contributed by atoms with Gasteiger partial charge in [-0.25, -0.2) is 9.98 Å². The van der Waals surface area contributed by atoms with Gasteiger partial charge in [0.15, 0.2) is 5.96 Å². The Bertz CT molecular complexity index is 754. The number of rotatable bonds is 6. The fourth-order valence-electron chi connectivity index (χ4n) is 3.65. The van der Waals surface area contributed by atoms with Crippen LogP contribution in [0.4, 0.5) is 0 Å². The number of aliphatic imine (C=N–C) groups is 1. The lowest BCUT2D eigenvalue weighted by molar-refractivity contribution is 0.431. The Morgan fingerprint density at radius 1 is 1.30 bits per heavy atom. The fraction of sp³-hybridized carbons (Fsp3) is 0.526. The van der Waals surface area contributed by atoms with Gasteiger partial charge in [-0.15, -0.1) is 24.0 Å². The summed E-state index contributed by atoms with van der Waals surface area (Å²) in [5.74, 6) is 1.68. The SMILES string of the molecule is CCNC(=NCc1ncnn1C)NCC1(c2cccc(Br)c2)CCCC1.I. The first-order chi connectivity index (χ1) is 12.6. The Balaban J connectivity index is 0.00000261. The Morgan fingerprint density at radius 3 is 2.70 bits per heavy atom. The number of nitrogens with one attached hydrogen (secondary N) is 2. The molecule has 0 atom stereocenters. The molecule has 1 heterocycles. The van der Waals surface area contributed by atoms with Gasteiger partial charge >= 0.3 is 0 Å². The zero-order valence-electron chi connectivity index (χ0n) is 15.9. The van der Waals surface area contributed by atoms with Crippen molar-refractivity contribution in [2.45, 2.75) is 44.6 Å². The van der Waals surface area contributed by atoms with Crippen LogP contribution in [0.5, 0.6) is 0 Å². The highest BCUT2D eigenvalue weighted by atomic mass is 127. The van der Waals surface area contributed by atoms with Crippen molar-refractivity contribution in [3.8, 4) is 0 Å². The number of benzene rings is 1. The minimum absolute atomic E-state index is 0. The number of nitrogens with zero attached hydrogens (tertiary/aromatic N) is 4. The van der Waals surface area contributed by atoms with Crippen LogP contribution in [0.25, 0.3) is 0 Å². The van der Waals surface area contributed by atoms with E-state index in [2.05, 4.69) is 72.8 Å². The van der Waals surface area contributed by atoms with E-state index in [1.807, 2.05) is 7.05 Å². The van der Waals surface area contributed by atoms with Gasteiger partial charge in [-0.1, -0.05) is 40.9 Å². The third kappa shape index (κ3) is 5.66. The van der Waals surface area contributed by atoms with Crippen LogP contribution in [0.1, 0.15) is 44.0 Å². The van der Waals surface area contributed by atoms with Crippen molar-refractivity contribution in [1.29, 1.82) is 0 Å². The number of halogens is 2. The highest BCUT2D eigenvalue weighted by Crippen LogP contribution is 2.41. The summed E-state index contributed by atoms with van der Waals surface area (Å²) in [6.07, 6.45) is 6.53. The second kappa shape index (κ2) is 10.4. The summed E-state index contributed by atoms with van der Waals surface area (Å²) < 4.78 is 2.90. The maximum Gasteiger partial charge on any atom is 0.191 e. The lowest BCUT2D eigenvalue weighted by Gasteiger charge is -2.31. The van der Waals surface area contributed by atoms with Crippen molar-refractivity contribution in [3.63, 3.8) is 0 Å². The molecule has 0 bridgehead atoms. The largest absolute Gasteiger partial charge is 0.357 e. The van der Waals surface area contributed by atoms with Gasteiger partial charge in [-0.3, -0.25) is 4.68 Å². The third-order valence-electron chi connectivity index (χ3n) is 5.12. The molecule has 2 N–H and O–H groups in total. The molecule has 6 nitrogen and oxygen atoms in total. The second-order valence-electron chi connectivity index (χ2n) is 6.85. The molecule has 0 unspecified atom stereocenters. The number of aromatic nitrogens is 3. The van der Waals surface area contributed by atoms with Crippen molar-refractivity contribution in [3.05, 3.63) is 46.5 Å². The Morgan fingerprint density at radius 2 is 2.07 bits per heavy atom. The normalized spacial score (nSPS) is 16.0. The van der Waals surface area contributed by atoms with E-state index in [-0.39, 0.29) is 29.4 Å². The van der Waals surface area contributed by atoms with Crippen molar-refractivity contribution in [1.82, 2.24) is 25.4 Å². The van der Waals surface area contributed by atoms with E-state index in [4.69, 9.17) is 0 Å². The minimum Gasteiger partial charge on any atom is -0.357 e. The van der Waals surface area contributed by atoms with Gasteiger partial charge in [-0.05, 0) is 37.5 Å². The number of aryl methyl sites for hydroxylation is 1. The van der Waals surface area contributed by atoms with Crippen LogP contribution in [-0.2, 0) is 19.0 Å². The molecule has 0 saturated heterocycles. The fourth-order valence-corrected chi connectivity index (χ4v) is 4.04. The minimum atomic E-state index is 0. The molecule has 1 aliphatic carbocycles. The van der Waals surface area contributed by atoms with Crippen LogP contribution in [0, 0.1) is 0 Å². The molecule has 3 rings (SSSR count). The number of guanidine groups is 1. The molecule has 0 spiro atoms. The maximum atomic E-state index is 4.68. The van der Waals surface area contributed by atoms with Crippen LogP contribution in [0.3, 0.4) is 0 Å². The van der Waals surface area contributed by atoms with Gasteiger partial charge in [0, 0.05) is 30.0 Å². The summed E-state index contributed by atoms with van der Waals surface area (Å²) in [5.41, 5.74) is 1.58. The zero-order valence-corrected chi connectivity index (χ0v) is 19.8. The molecule has 2 aromatic rings. The van der Waals surface area contributed by atoms with E-state index in [0.717, 1.165) is 29.3 Å². The van der Waals surface area contributed by atoms with Crippen LogP contribution < -0.4 is 10.6 Å². The molecule has 1 aromatic carbocycles. The molecule has 1 saturated carbocycles. The van der Waals surface area contributed by atoms with Crippen LogP contribution in [-0.4, -0.2) is 33.8 Å². The van der Waals surface area contributed by atoms with Crippen LogP contribution in [0.15, 0.2) is 40.1 Å². The molecule has 148 valence electrons. The summed E-state index contributed by atoms with van der Waals surface area (Å²) in [7, 11) is 1.89. The van der Waals surface area contributed by atoms with E-state index >= 15 is 0 Å². The molecule has 0 radical (unpaired) electrons. The second-order valence-corrected chi connectivity index (χ2v) is 7.76. The Hall–Kier alpha value is -1.16. The average molecular weight is 547 g/mol. The summed E-state index contributed by atoms with van der Waals surface area (Å²) in [6.45, 7) is 4.30. The van der Waals surface area contributed by atoms with E-state index in [1.54, 1.807) is 11.0 Å². The van der Waals surface area contributed by atoms with E-state index < -0.39 is 0 Å². The molecular weight excluding hydrogens is 519 g/mol. The first-order valence-corrected chi connectivity index (χ1v) is 10.0. The van der Waals surface area contributed by atoms with Gasteiger partial charge < -0.3 is 10.6 Å².